The standard InChI is InChI=1S/C8H3ClN2O/c9-7-6(4-10)3-5-1-2-12-8(5)11-7/h1-3H. The summed E-state index contributed by atoms with van der Waals surface area (Å²) in [5, 5.41) is 9.58. The Bertz CT molecular complexity index is 469. The molecule has 0 saturated heterocycles. The van der Waals surface area contributed by atoms with Gasteiger partial charge in [0, 0.05) is 5.39 Å². The van der Waals surface area contributed by atoms with Crippen LogP contribution in [-0.4, -0.2) is 4.98 Å². The lowest BCUT2D eigenvalue weighted by Gasteiger charge is -1.91. The van der Waals surface area contributed by atoms with Crippen LogP contribution in [0, 0.1) is 11.3 Å². The molecule has 2 aromatic heterocycles. The second kappa shape index (κ2) is 2.50. The largest absolute Gasteiger partial charge is 0.446 e. The van der Waals surface area contributed by atoms with Crippen LogP contribution in [0.1, 0.15) is 5.56 Å². The van der Waals surface area contributed by atoms with Crippen molar-refractivity contribution in [2.45, 2.75) is 0 Å². The predicted octanol–water partition coefficient (Wildman–Crippen LogP) is 2.35. The Balaban J connectivity index is 2.84. The summed E-state index contributed by atoms with van der Waals surface area (Å²) in [5.74, 6) is 0. The van der Waals surface area contributed by atoms with E-state index in [1.807, 2.05) is 6.07 Å². The molecule has 0 aromatic carbocycles. The van der Waals surface area contributed by atoms with E-state index in [0.29, 0.717) is 11.3 Å². The van der Waals surface area contributed by atoms with Crippen LogP contribution in [0.5, 0.6) is 0 Å². The number of nitriles is 1. The van der Waals surface area contributed by atoms with Gasteiger partial charge in [0.15, 0.2) is 5.15 Å². The van der Waals surface area contributed by atoms with E-state index in [9.17, 15) is 0 Å². The average molecular weight is 179 g/mol. The minimum absolute atomic E-state index is 0.181. The van der Waals surface area contributed by atoms with Crippen LogP contribution < -0.4 is 0 Å². The monoisotopic (exact) mass is 178 g/mol. The normalized spacial score (nSPS) is 10.0. The third kappa shape index (κ3) is 0.936. The molecular formula is C8H3ClN2O. The fourth-order valence-electron chi connectivity index (χ4n) is 0.955. The molecule has 58 valence electrons. The van der Waals surface area contributed by atoms with E-state index in [1.165, 1.54) is 6.26 Å². The molecule has 0 amide bonds. The first-order valence-electron chi connectivity index (χ1n) is 3.25. The van der Waals surface area contributed by atoms with Crippen LogP contribution in [0.15, 0.2) is 22.8 Å². The molecule has 0 saturated carbocycles. The summed E-state index contributed by atoms with van der Waals surface area (Å²) in [6, 6.07) is 5.32. The summed E-state index contributed by atoms with van der Waals surface area (Å²) >= 11 is 5.67. The van der Waals surface area contributed by atoms with Gasteiger partial charge in [0.2, 0.25) is 5.71 Å². The van der Waals surface area contributed by atoms with Crippen LogP contribution in [0.4, 0.5) is 0 Å². The van der Waals surface area contributed by atoms with E-state index >= 15 is 0 Å². The third-order valence-corrected chi connectivity index (χ3v) is 1.80. The van der Waals surface area contributed by atoms with E-state index in [-0.39, 0.29) is 5.15 Å². The van der Waals surface area contributed by atoms with Gasteiger partial charge in [-0.2, -0.15) is 10.2 Å². The van der Waals surface area contributed by atoms with Crippen LogP contribution in [-0.2, 0) is 0 Å². The Morgan fingerprint density at radius 2 is 2.42 bits per heavy atom. The number of hydrogen-bond donors (Lipinski definition) is 0. The van der Waals surface area contributed by atoms with Crippen molar-refractivity contribution in [3.63, 3.8) is 0 Å². The maximum atomic E-state index is 8.61. The first-order chi connectivity index (χ1) is 5.81. The van der Waals surface area contributed by atoms with Crippen molar-refractivity contribution >= 4 is 22.7 Å². The van der Waals surface area contributed by atoms with Gasteiger partial charge in [-0.3, -0.25) is 0 Å². The maximum Gasteiger partial charge on any atom is 0.227 e. The highest BCUT2D eigenvalue weighted by molar-refractivity contribution is 6.30. The minimum Gasteiger partial charge on any atom is -0.446 e. The lowest BCUT2D eigenvalue weighted by Crippen LogP contribution is -1.81. The van der Waals surface area contributed by atoms with Crippen molar-refractivity contribution in [3.8, 4) is 6.07 Å². The van der Waals surface area contributed by atoms with Gasteiger partial charge in [0.1, 0.15) is 6.07 Å². The van der Waals surface area contributed by atoms with Gasteiger partial charge in [-0.25, -0.2) is 0 Å². The molecule has 12 heavy (non-hydrogen) atoms. The molecular weight excluding hydrogens is 176 g/mol. The summed E-state index contributed by atoms with van der Waals surface area (Å²) < 4.78 is 4.99. The van der Waals surface area contributed by atoms with Crippen molar-refractivity contribution in [1.82, 2.24) is 4.98 Å². The van der Waals surface area contributed by atoms with Crippen LogP contribution >= 0.6 is 11.6 Å². The molecule has 0 radical (unpaired) electrons. The Hall–Kier alpha value is -1.53. The second-order valence-corrected chi connectivity index (χ2v) is 2.61. The molecule has 0 bridgehead atoms. The molecule has 2 heterocycles. The quantitative estimate of drug-likeness (QED) is 0.582. The van der Waals surface area contributed by atoms with Crippen molar-refractivity contribution in [1.29, 1.82) is 5.26 Å². The van der Waals surface area contributed by atoms with Gasteiger partial charge in [-0.05, 0) is 12.1 Å². The SMILES string of the molecule is N#Cc1cc2ccoc2nc1Cl. The number of fused-ring (bicyclic) bond motifs is 1. The topological polar surface area (TPSA) is 49.8 Å². The lowest BCUT2D eigenvalue weighted by molar-refractivity contribution is 0.603. The zero-order valence-corrected chi connectivity index (χ0v) is 6.67. The van der Waals surface area contributed by atoms with Crippen molar-refractivity contribution < 1.29 is 4.42 Å². The highest BCUT2D eigenvalue weighted by atomic mass is 35.5. The molecule has 0 fully saturated rings. The third-order valence-electron chi connectivity index (χ3n) is 1.52. The molecule has 4 heteroatoms. The second-order valence-electron chi connectivity index (χ2n) is 2.25. The van der Waals surface area contributed by atoms with Crippen LogP contribution in [0.25, 0.3) is 11.1 Å². The number of halogens is 1. The summed E-state index contributed by atoms with van der Waals surface area (Å²) in [4.78, 5) is 3.88. The Labute approximate surface area is 73.2 Å². The Kier molecular flexibility index (Phi) is 1.49. The van der Waals surface area contributed by atoms with Gasteiger partial charge in [-0.1, -0.05) is 11.6 Å². The van der Waals surface area contributed by atoms with E-state index in [0.717, 1.165) is 5.39 Å². The summed E-state index contributed by atoms with van der Waals surface area (Å²) in [5.41, 5.74) is 0.824. The zero-order valence-electron chi connectivity index (χ0n) is 5.91. The van der Waals surface area contributed by atoms with Gasteiger partial charge in [0.05, 0.1) is 11.8 Å². The smallest absolute Gasteiger partial charge is 0.227 e. The van der Waals surface area contributed by atoms with Gasteiger partial charge < -0.3 is 4.42 Å². The van der Waals surface area contributed by atoms with Crippen molar-refractivity contribution in [2.24, 2.45) is 0 Å². The Morgan fingerprint density at radius 3 is 3.17 bits per heavy atom. The number of nitrogens with zero attached hydrogens (tertiary/aromatic N) is 2. The molecule has 0 atom stereocenters. The average Bonchev–Trinajstić information content (AvgIpc) is 2.49. The minimum atomic E-state index is 0.181. The molecule has 0 N–H and O–H groups in total. The molecule has 0 unspecified atom stereocenters. The highest BCUT2D eigenvalue weighted by Gasteiger charge is 2.05. The van der Waals surface area contributed by atoms with Gasteiger partial charge in [-0.15, -0.1) is 0 Å². The van der Waals surface area contributed by atoms with E-state index in [4.69, 9.17) is 21.3 Å². The first-order valence-corrected chi connectivity index (χ1v) is 3.63. The number of aromatic nitrogens is 1. The molecule has 0 aliphatic heterocycles. The number of pyridine rings is 1. The molecule has 2 aromatic rings. The van der Waals surface area contributed by atoms with Crippen molar-refractivity contribution in [3.05, 3.63) is 29.1 Å². The fourth-order valence-corrected chi connectivity index (χ4v) is 1.13. The van der Waals surface area contributed by atoms with Crippen LogP contribution in [0.2, 0.25) is 5.15 Å². The lowest BCUT2D eigenvalue weighted by atomic mass is 10.2. The number of hydrogen-bond acceptors (Lipinski definition) is 3. The molecule has 3 nitrogen and oxygen atoms in total. The first kappa shape index (κ1) is 7.14. The fraction of sp³-hybridized carbons (Fsp3) is 0. The van der Waals surface area contributed by atoms with Crippen LogP contribution in [0.3, 0.4) is 0 Å². The van der Waals surface area contributed by atoms with E-state index in [1.54, 1.807) is 12.1 Å². The summed E-state index contributed by atoms with van der Waals surface area (Å²) in [6.07, 6.45) is 1.51. The summed E-state index contributed by atoms with van der Waals surface area (Å²) in [6.45, 7) is 0. The maximum absolute atomic E-state index is 8.61. The Morgan fingerprint density at radius 1 is 1.58 bits per heavy atom. The molecule has 0 spiro atoms. The van der Waals surface area contributed by atoms with Crippen molar-refractivity contribution in [2.75, 3.05) is 0 Å². The molecule has 0 aliphatic carbocycles. The number of rotatable bonds is 0. The summed E-state index contributed by atoms with van der Waals surface area (Å²) in [7, 11) is 0. The van der Waals surface area contributed by atoms with E-state index in [2.05, 4.69) is 4.98 Å². The number of furan rings is 1. The van der Waals surface area contributed by atoms with E-state index < -0.39 is 0 Å². The van der Waals surface area contributed by atoms with Gasteiger partial charge >= 0.3 is 0 Å². The van der Waals surface area contributed by atoms with Gasteiger partial charge in [0.25, 0.3) is 0 Å². The molecule has 2 rings (SSSR count). The highest BCUT2D eigenvalue weighted by Crippen LogP contribution is 2.20. The molecule has 0 aliphatic rings. The zero-order chi connectivity index (χ0) is 8.55. The predicted molar refractivity (Wildman–Crippen MR) is 43.7 cm³/mol.